The van der Waals surface area contributed by atoms with Gasteiger partial charge in [-0.2, -0.15) is 0 Å². The van der Waals surface area contributed by atoms with E-state index in [1.165, 1.54) is 0 Å². The molecule has 0 heterocycles. The molecule has 0 saturated heterocycles. The van der Waals surface area contributed by atoms with Crippen molar-refractivity contribution in [2.24, 2.45) is 4.99 Å². The van der Waals surface area contributed by atoms with Gasteiger partial charge in [0, 0.05) is 12.1 Å². The fourth-order valence-corrected chi connectivity index (χ4v) is 1.16. The predicted molar refractivity (Wildman–Crippen MR) is 55.3 cm³/mol. The van der Waals surface area contributed by atoms with Crippen LogP contribution in [0.1, 0.15) is 0 Å². The van der Waals surface area contributed by atoms with E-state index in [1.807, 2.05) is 0 Å². The topological polar surface area (TPSA) is 40.0 Å². The average Bonchev–Trinajstić information content (AvgIpc) is 2.26. The Bertz CT molecular complexity index is 311. The zero-order valence-electron chi connectivity index (χ0n) is 8.53. The molecule has 0 aliphatic carbocycles. The van der Waals surface area contributed by atoms with E-state index in [4.69, 9.17) is 14.2 Å². The lowest BCUT2D eigenvalue weighted by atomic mass is 10.2. The smallest absolute Gasteiger partial charge is 0.203 e. The molecule has 0 aromatic heterocycles. The van der Waals surface area contributed by atoms with Crippen LogP contribution >= 0.6 is 0 Å². The van der Waals surface area contributed by atoms with Gasteiger partial charge in [-0.3, -0.25) is 4.99 Å². The van der Waals surface area contributed by atoms with Crippen LogP contribution in [-0.4, -0.2) is 28.0 Å². The van der Waals surface area contributed by atoms with Crippen molar-refractivity contribution in [3.63, 3.8) is 0 Å². The number of benzene rings is 1. The summed E-state index contributed by atoms with van der Waals surface area (Å²) >= 11 is 0. The van der Waals surface area contributed by atoms with E-state index in [1.54, 1.807) is 33.5 Å². The standard InChI is InChI=1S/C10H13NO3/c1-11-7-5-8(12-2)10(14-4)9(6-7)13-3/h5-6H,1H2,2-4H3. The summed E-state index contributed by atoms with van der Waals surface area (Å²) in [6.07, 6.45) is 0. The summed E-state index contributed by atoms with van der Waals surface area (Å²) in [6.45, 7) is 3.44. The molecule has 0 unspecified atom stereocenters. The third-order valence-corrected chi connectivity index (χ3v) is 1.83. The van der Waals surface area contributed by atoms with Crippen LogP contribution in [-0.2, 0) is 0 Å². The number of hydrogen-bond donors (Lipinski definition) is 0. The molecule has 0 atom stereocenters. The summed E-state index contributed by atoms with van der Waals surface area (Å²) in [5.41, 5.74) is 0.680. The molecule has 0 radical (unpaired) electrons. The fraction of sp³-hybridized carbons (Fsp3) is 0.300. The molecule has 0 spiro atoms. The molecule has 76 valence electrons. The second kappa shape index (κ2) is 4.50. The van der Waals surface area contributed by atoms with Crippen LogP contribution in [0.4, 0.5) is 5.69 Å². The monoisotopic (exact) mass is 195 g/mol. The lowest BCUT2D eigenvalue weighted by Gasteiger charge is -2.12. The summed E-state index contributed by atoms with van der Waals surface area (Å²) in [4.78, 5) is 3.80. The molecule has 4 nitrogen and oxygen atoms in total. The molecule has 1 rings (SSSR count). The van der Waals surface area contributed by atoms with Crippen molar-refractivity contribution in [1.29, 1.82) is 0 Å². The molecular formula is C10H13NO3. The molecule has 0 saturated carbocycles. The molecule has 14 heavy (non-hydrogen) atoms. The lowest BCUT2D eigenvalue weighted by molar-refractivity contribution is 0.324. The number of ether oxygens (including phenoxy) is 3. The number of rotatable bonds is 4. The molecule has 0 aliphatic rings. The normalized spacial score (nSPS) is 9.36. The quantitative estimate of drug-likeness (QED) is 0.690. The van der Waals surface area contributed by atoms with E-state index in [9.17, 15) is 0 Å². The van der Waals surface area contributed by atoms with Crippen molar-refractivity contribution < 1.29 is 14.2 Å². The van der Waals surface area contributed by atoms with Gasteiger partial charge in [0.15, 0.2) is 11.5 Å². The zero-order chi connectivity index (χ0) is 10.6. The van der Waals surface area contributed by atoms with Crippen LogP contribution in [0, 0.1) is 0 Å². The molecule has 0 N–H and O–H groups in total. The van der Waals surface area contributed by atoms with Crippen molar-refractivity contribution in [1.82, 2.24) is 0 Å². The van der Waals surface area contributed by atoms with Gasteiger partial charge in [-0.05, 0) is 6.72 Å². The number of hydrogen-bond acceptors (Lipinski definition) is 4. The average molecular weight is 195 g/mol. The summed E-state index contributed by atoms with van der Waals surface area (Å²) in [5.74, 6) is 1.71. The van der Waals surface area contributed by atoms with Crippen LogP contribution in [0.25, 0.3) is 0 Å². The Morgan fingerprint density at radius 1 is 1.00 bits per heavy atom. The summed E-state index contributed by atoms with van der Waals surface area (Å²) in [5, 5.41) is 0. The maximum absolute atomic E-state index is 5.15. The Morgan fingerprint density at radius 3 is 1.79 bits per heavy atom. The van der Waals surface area contributed by atoms with Gasteiger partial charge in [0.05, 0.1) is 27.0 Å². The Morgan fingerprint density at radius 2 is 1.50 bits per heavy atom. The van der Waals surface area contributed by atoms with Gasteiger partial charge in [-0.25, -0.2) is 0 Å². The Labute approximate surface area is 83.1 Å². The molecular weight excluding hydrogens is 182 g/mol. The summed E-state index contributed by atoms with van der Waals surface area (Å²) < 4.78 is 15.4. The second-order valence-electron chi connectivity index (χ2n) is 2.54. The van der Waals surface area contributed by atoms with Crippen LogP contribution < -0.4 is 14.2 Å². The highest BCUT2D eigenvalue weighted by molar-refractivity contribution is 5.61. The third-order valence-electron chi connectivity index (χ3n) is 1.83. The van der Waals surface area contributed by atoms with Gasteiger partial charge >= 0.3 is 0 Å². The Hall–Kier alpha value is -1.71. The van der Waals surface area contributed by atoms with E-state index < -0.39 is 0 Å². The first-order chi connectivity index (χ1) is 6.76. The zero-order valence-corrected chi connectivity index (χ0v) is 8.53. The van der Waals surface area contributed by atoms with Gasteiger partial charge < -0.3 is 14.2 Å². The number of nitrogens with zero attached hydrogens (tertiary/aromatic N) is 1. The van der Waals surface area contributed by atoms with E-state index >= 15 is 0 Å². The number of methoxy groups -OCH3 is 3. The van der Waals surface area contributed by atoms with Gasteiger partial charge in [0.2, 0.25) is 5.75 Å². The van der Waals surface area contributed by atoms with E-state index in [-0.39, 0.29) is 0 Å². The predicted octanol–water partition coefficient (Wildman–Crippen LogP) is 2.04. The highest BCUT2D eigenvalue weighted by atomic mass is 16.5. The number of aliphatic imine (C=N–C) groups is 1. The molecule has 0 fully saturated rings. The fourth-order valence-electron chi connectivity index (χ4n) is 1.16. The lowest BCUT2D eigenvalue weighted by Crippen LogP contribution is -1.94. The minimum Gasteiger partial charge on any atom is -0.493 e. The van der Waals surface area contributed by atoms with Crippen molar-refractivity contribution in [2.75, 3.05) is 21.3 Å². The Kier molecular flexibility index (Phi) is 3.34. The van der Waals surface area contributed by atoms with Crippen LogP contribution in [0.3, 0.4) is 0 Å². The van der Waals surface area contributed by atoms with Gasteiger partial charge in [0.1, 0.15) is 0 Å². The van der Waals surface area contributed by atoms with Crippen molar-refractivity contribution in [3.8, 4) is 17.2 Å². The highest BCUT2D eigenvalue weighted by Gasteiger charge is 2.11. The summed E-state index contributed by atoms with van der Waals surface area (Å²) in [6, 6.07) is 3.46. The molecule has 0 bridgehead atoms. The minimum absolute atomic E-state index is 0.558. The van der Waals surface area contributed by atoms with Crippen LogP contribution in [0.5, 0.6) is 17.2 Å². The first kappa shape index (κ1) is 10.4. The van der Waals surface area contributed by atoms with E-state index in [2.05, 4.69) is 11.7 Å². The molecule has 1 aromatic carbocycles. The first-order valence-corrected chi connectivity index (χ1v) is 4.03. The van der Waals surface area contributed by atoms with Gasteiger partial charge in [0.25, 0.3) is 0 Å². The van der Waals surface area contributed by atoms with E-state index in [0.29, 0.717) is 22.9 Å². The second-order valence-corrected chi connectivity index (χ2v) is 2.54. The molecule has 4 heteroatoms. The van der Waals surface area contributed by atoms with Crippen LogP contribution in [0.2, 0.25) is 0 Å². The van der Waals surface area contributed by atoms with Gasteiger partial charge in [-0.15, -0.1) is 0 Å². The highest BCUT2D eigenvalue weighted by Crippen LogP contribution is 2.40. The van der Waals surface area contributed by atoms with Gasteiger partial charge in [-0.1, -0.05) is 0 Å². The maximum atomic E-state index is 5.15. The van der Waals surface area contributed by atoms with Crippen molar-refractivity contribution in [3.05, 3.63) is 12.1 Å². The molecule has 1 aromatic rings. The largest absolute Gasteiger partial charge is 0.493 e. The van der Waals surface area contributed by atoms with E-state index in [0.717, 1.165) is 0 Å². The molecule has 0 amide bonds. The van der Waals surface area contributed by atoms with Crippen molar-refractivity contribution >= 4 is 12.4 Å². The minimum atomic E-state index is 0.558. The molecule has 0 aliphatic heterocycles. The summed E-state index contributed by atoms with van der Waals surface area (Å²) in [7, 11) is 4.68. The Balaban J connectivity index is 3.31. The van der Waals surface area contributed by atoms with Crippen LogP contribution in [0.15, 0.2) is 17.1 Å². The third kappa shape index (κ3) is 1.79. The van der Waals surface area contributed by atoms with Crippen molar-refractivity contribution in [2.45, 2.75) is 0 Å². The SMILES string of the molecule is C=Nc1cc(OC)c(OC)c(OC)c1. The first-order valence-electron chi connectivity index (χ1n) is 4.03. The maximum Gasteiger partial charge on any atom is 0.203 e.